The summed E-state index contributed by atoms with van der Waals surface area (Å²) in [5.74, 6) is -3.61. The van der Waals surface area contributed by atoms with Crippen molar-refractivity contribution in [2.75, 3.05) is 13.2 Å². The second-order valence-electron chi connectivity index (χ2n) is 4.21. The highest BCUT2D eigenvalue weighted by Crippen LogP contribution is 2.31. The van der Waals surface area contributed by atoms with Crippen molar-refractivity contribution in [3.05, 3.63) is 35.1 Å². The summed E-state index contributed by atoms with van der Waals surface area (Å²) in [6.07, 6.45) is 0.289. The Balaban J connectivity index is 2.23. The third kappa shape index (κ3) is 2.61. The molecule has 2 atom stereocenters. The van der Waals surface area contributed by atoms with Gasteiger partial charge in [-0.3, -0.25) is 0 Å². The summed E-state index contributed by atoms with van der Waals surface area (Å²) in [7, 11) is 0. The predicted octanol–water partition coefficient (Wildman–Crippen LogP) is 2.56. The normalized spacial score (nSPS) is 22.5. The van der Waals surface area contributed by atoms with E-state index in [4.69, 9.17) is 4.74 Å². The zero-order valence-corrected chi connectivity index (χ0v) is 9.13. The average Bonchev–Trinajstić information content (AvgIpc) is 2.34. The number of benzene rings is 1. The molecule has 0 bridgehead atoms. The van der Waals surface area contributed by atoms with Crippen molar-refractivity contribution in [1.29, 1.82) is 0 Å². The summed E-state index contributed by atoms with van der Waals surface area (Å²) < 4.78 is 44.3. The van der Waals surface area contributed by atoms with Gasteiger partial charge in [0.05, 0.1) is 12.7 Å². The fraction of sp³-hybridized carbons (Fsp3) is 0.500. The molecular formula is C12H13F3O2. The van der Waals surface area contributed by atoms with Crippen LogP contribution in [0.1, 0.15) is 24.5 Å². The fourth-order valence-corrected chi connectivity index (χ4v) is 2.03. The van der Waals surface area contributed by atoms with Crippen LogP contribution in [-0.4, -0.2) is 18.3 Å². The topological polar surface area (TPSA) is 29.5 Å². The van der Waals surface area contributed by atoms with Crippen LogP contribution < -0.4 is 0 Å². The molecule has 2 nitrogen and oxygen atoms in total. The predicted molar refractivity (Wildman–Crippen MR) is 54.8 cm³/mol. The lowest BCUT2D eigenvalue weighted by atomic mass is 9.91. The van der Waals surface area contributed by atoms with Crippen molar-refractivity contribution >= 4 is 0 Å². The maximum atomic E-state index is 13.4. The molecule has 1 aliphatic heterocycles. The number of aliphatic hydroxyl groups is 1. The van der Waals surface area contributed by atoms with Gasteiger partial charge in [0.25, 0.3) is 0 Å². The summed E-state index contributed by atoms with van der Waals surface area (Å²) in [5.41, 5.74) is -0.209. The van der Waals surface area contributed by atoms with E-state index in [0.29, 0.717) is 31.8 Å². The number of hydrogen-bond acceptors (Lipinski definition) is 2. The first kappa shape index (κ1) is 12.4. The Bertz CT molecular complexity index is 403. The first-order valence-electron chi connectivity index (χ1n) is 5.50. The van der Waals surface area contributed by atoms with Crippen molar-refractivity contribution in [3.8, 4) is 0 Å². The maximum Gasteiger partial charge on any atom is 0.161 e. The van der Waals surface area contributed by atoms with Crippen molar-refractivity contribution < 1.29 is 23.0 Å². The van der Waals surface area contributed by atoms with E-state index in [1.54, 1.807) is 0 Å². The van der Waals surface area contributed by atoms with Crippen LogP contribution >= 0.6 is 0 Å². The van der Waals surface area contributed by atoms with Crippen LogP contribution in [0.5, 0.6) is 0 Å². The Kier molecular flexibility index (Phi) is 3.69. The quantitative estimate of drug-likeness (QED) is 0.813. The molecule has 2 rings (SSSR count). The van der Waals surface area contributed by atoms with E-state index < -0.39 is 23.6 Å². The molecule has 1 N–H and O–H groups in total. The molecule has 1 aromatic rings. The van der Waals surface area contributed by atoms with Gasteiger partial charge in [-0.1, -0.05) is 0 Å². The Morgan fingerprint density at radius 2 is 1.88 bits per heavy atom. The lowest BCUT2D eigenvalue weighted by Crippen LogP contribution is -2.24. The summed E-state index contributed by atoms with van der Waals surface area (Å²) in [4.78, 5) is 0. The van der Waals surface area contributed by atoms with Gasteiger partial charge in [-0.15, -0.1) is 0 Å². The van der Waals surface area contributed by atoms with Gasteiger partial charge in [0.1, 0.15) is 5.82 Å². The second kappa shape index (κ2) is 5.06. The highest BCUT2D eigenvalue weighted by atomic mass is 19.2. The lowest BCUT2D eigenvalue weighted by Gasteiger charge is -2.27. The molecule has 17 heavy (non-hydrogen) atoms. The van der Waals surface area contributed by atoms with Gasteiger partial charge in [0.2, 0.25) is 0 Å². The molecule has 0 radical (unpaired) electrons. The van der Waals surface area contributed by atoms with Gasteiger partial charge in [0.15, 0.2) is 11.6 Å². The van der Waals surface area contributed by atoms with Crippen molar-refractivity contribution in [2.24, 2.45) is 5.92 Å². The van der Waals surface area contributed by atoms with Crippen LogP contribution in [0.15, 0.2) is 12.1 Å². The molecule has 0 spiro atoms. The summed E-state index contributed by atoms with van der Waals surface area (Å²) >= 11 is 0. The molecular weight excluding hydrogens is 233 g/mol. The molecule has 1 aromatic carbocycles. The number of halogens is 3. The van der Waals surface area contributed by atoms with Crippen molar-refractivity contribution in [3.63, 3.8) is 0 Å². The van der Waals surface area contributed by atoms with E-state index in [9.17, 15) is 18.3 Å². The van der Waals surface area contributed by atoms with E-state index in [1.807, 2.05) is 0 Å². The molecule has 0 amide bonds. The van der Waals surface area contributed by atoms with E-state index in [2.05, 4.69) is 0 Å². The van der Waals surface area contributed by atoms with Gasteiger partial charge in [0, 0.05) is 24.2 Å². The molecule has 2 unspecified atom stereocenters. The zero-order chi connectivity index (χ0) is 12.4. The van der Waals surface area contributed by atoms with Crippen LogP contribution in [0.3, 0.4) is 0 Å². The van der Waals surface area contributed by atoms with Gasteiger partial charge >= 0.3 is 0 Å². The Hall–Kier alpha value is -1.07. The molecule has 0 aliphatic carbocycles. The lowest BCUT2D eigenvalue weighted by molar-refractivity contribution is -0.0113. The van der Waals surface area contributed by atoms with Crippen LogP contribution in [-0.2, 0) is 4.74 Å². The molecule has 94 valence electrons. The van der Waals surface area contributed by atoms with E-state index in [-0.39, 0.29) is 11.5 Å². The molecule has 1 heterocycles. The number of aliphatic hydroxyl groups excluding tert-OH is 1. The van der Waals surface area contributed by atoms with Gasteiger partial charge in [-0.05, 0) is 18.9 Å². The number of rotatable bonds is 2. The Morgan fingerprint density at radius 1 is 1.18 bits per heavy atom. The van der Waals surface area contributed by atoms with E-state index >= 15 is 0 Å². The molecule has 0 aromatic heterocycles. The number of hydrogen-bond donors (Lipinski definition) is 1. The molecule has 1 fully saturated rings. The molecule has 1 saturated heterocycles. The standard InChI is InChI=1S/C12H13F3O2/c13-9-5-11(15)10(14)4-8(9)12(16)7-2-1-3-17-6-7/h4-5,7,12,16H,1-3,6H2. The highest BCUT2D eigenvalue weighted by Gasteiger charge is 2.27. The van der Waals surface area contributed by atoms with Crippen LogP contribution in [0.4, 0.5) is 13.2 Å². The van der Waals surface area contributed by atoms with Crippen LogP contribution in [0, 0.1) is 23.4 Å². The van der Waals surface area contributed by atoms with Crippen molar-refractivity contribution in [1.82, 2.24) is 0 Å². The van der Waals surface area contributed by atoms with Gasteiger partial charge < -0.3 is 9.84 Å². The summed E-state index contributed by atoms with van der Waals surface area (Å²) in [5, 5.41) is 9.93. The monoisotopic (exact) mass is 246 g/mol. The minimum Gasteiger partial charge on any atom is -0.388 e. The van der Waals surface area contributed by atoms with E-state index in [1.165, 1.54) is 0 Å². The van der Waals surface area contributed by atoms with E-state index in [0.717, 1.165) is 6.42 Å². The third-order valence-corrected chi connectivity index (χ3v) is 3.00. The number of ether oxygens (including phenoxy) is 1. The largest absolute Gasteiger partial charge is 0.388 e. The molecule has 0 saturated carbocycles. The SMILES string of the molecule is OC(c1cc(F)c(F)cc1F)C1CCCOC1. The van der Waals surface area contributed by atoms with Crippen LogP contribution in [0.2, 0.25) is 0 Å². The van der Waals surface area contributed by atoms with Gasteiger partial charge in [-0.2, -0.15) is 0 Å². The fourth-order valence-electron chi connectivity index (χ4n) is 2.03. The average molecular weight is 246 g/mol. The minimum absolute atomic E-state index is 0.209. The zero-order valence-electron chi connectivity index (χ0n) is 9.13. The smallest absolute Gasteiger partial charge is 0.161 e. The summed E-state index contributed by atoms with van der Waals surface area (Å²) in [6.45, 7) is 0.920. The molecule has 5 heteroatoms. The Labute approximate surface area is 97.0 Å². The first-order valence-corrected chi connectivity index (χ1v) is 5.50. The van der Waals surface area contributed by atoms with Crippen LogP contribution in [0.25, 0.3) is 0 Å². The second-order valence-corrected chi connectivity index (χ2v) is 4.21. The molecule has 1 aliphatic rings. The minimum atomic E-state index is -1.25. The third-order valence-electron chi connectivity index (χ3n) is 3.00. The summed E-state index contributed by atoms with van der Waals surface area (Å²) in [6, 6.07) is 1.17. The first-order chi connectivity index (χ1) is 8.09. The van der Waals surface area contributed by atoms with Gasteiger partial charge in [-0.25, -0.2) is 13.2 Å². The Morgan fingerprint density at radius 3 is 2.53 bits per heavy atom. The maximum absolute atomic E-state index is 13.4. The highest BCUT2D eigenvalue weighted by molar-refractivity contribution is 5.23. The van der Waals surface area contributed by atoms with Crippen molar-refractivity contribution in [2.45, 2.75) is 18.9 Å².